The van der Waals surface area contributed by atoms with Crippen molar-refractivity contribution in [3.05, 3.63) is 71.5 Å². The van der Waals surface area contributed by atoms with Gasteiger partial charge < -0.3 is 18.9 Å². The summed E-state index contributed by atoms with van der Waals surface area (Å²) in [6.07, 6.45) is 0.543. The highest BCUT2D eigenvalue weighted by atomic mass is 16.7. The molecule has 0 unspecified atom stereocenters. The summed E-state index contributed by atoms with van der Waals surface area (Å²) in [5.74, 6) is -0.865. The van der Waals surface area contributed by atoms with Gasteiger partial charge in [-0.25, -0.2) is 0 Å². The van der Waals surface area contributed by atoms with Gasteiger partial charge in [-0.1, -0.05) is 55.4 Å². The van der Waals surface area contributed by atoms with Crippen molar-refractivity contribution in [2.75, 3.05) is 13.2 Å². The van der Waals surface area contributed by atoms with Gasteiger partial charge in [-0.15, -0.1) is 0 Å². The van der Waals surface area contributed by atoms with E-state index in [0.29, 0.717) is 11.5 Å². The lowest BCUT2D eigenvalue weighted by atomic mass is 9.80. The molecule has 2 rings (SSSR count). The van der Waals surface area contributed by atoms with Crippen LogP contribution in [0.2, 0.25) is 0 Å². The van der Waals surface area contributed by atoms with Gasteiger partial charge in [0, 0.05) is 35.1 Å². The lowest BCUT2D eigenvalue weighted by Crippen LogP contribution is -2.36. The third-order valence-electron chi connectivity index (χ3n) is 6.55. The Morgan fingerprint density at radius 3 is 1.26 bits per heavy atom. The number of hydrogen-bond donors (Lipinski definition) is 0. The first-order chi connectivity index (χ1) is 18.0. The highest BCUT2D eigenvalue weighted by molar-refractivity contribution is 5.74. The van der Waals surface area contributed by atoms with E-state index in [0.717, 1.165) is 33.4 Å². The third-order valence-corrected chi connectivity index (χ3v) is 6.55. The van der Waals surface area contributed by atoms with Crippen molar-refractivity contribution in [1.82, 2.24) is 0 Å². The van der Waals surface area contributed by atoms with E-state index in [9.17, 15) is 9.59 Å². The van der Waals surface area contributed by atoms with Gasteiger partial charge in [0.1, 0.15) is 11.5 Å². The van der Waals surface area contributed by atoms with Gasteiger partial charge in [-0.3, -0.25) is 9.59 Å². The Kier molecular flexibility index (Phi) is 10.5. The molecule has 0 aromatic heterocycles. The van der Waals surface area contributed by atoms with Crippen molar-refractivity contribution in [2.45, 2.75) is 98.7 Å². The fourth-order valence-electron chi connectivity index (χ4n) is 4.51. The largest absolute Gasteiger partial charge is 0.426 e. The molecule has 0 amide bonds. The van der Waals surface area contributed by atoms with E-state index in [4.69, 9.17) is 18.9 Å². The van der Waals surface area contributed by atoms with E-state index in [2.05, 4.69) is 55.4 Å². The summed E-state index contributed by atoms with van der Waals surface area (Å²) in [5, 5.41) is 0. The normalized spacial score (nSPS) is 12.4. The van der Waals surface area contributed by atoms with Crippen LogP contribution < -0.4 is 9.47 Å². The summed E-state index contributed by atoms with van der Waals surface area (Å²) in [6, 6.07) is 7.81. The van der Waals surface area contributed by atoms with Crippen molar-refractivity contribution < 1.29 is 28.5 Å². The summed E-state index contributed by atoms with van der Waals surface area (Å²) < 4.78 is 24.4. The van der Waals surface area contributed by atoms with Crippen LogP contribution >= 0.6 is 0 Å². The van der Waals surface area contributed by atoms with Gasteiger partial charge in [-0.05, 0) is 73.9 Å². The van der Waals surface area contributed by atoms with Gasteiger partial charge in [0.2, 0.25) is 5.79 Å². The number of hydrogen-bond acceptors (Lipinski definition) is 6. The molecule has 0 saturated carbocycles. The average molecular weight is 539 g/mol. The van der Waals surface area contributed by atoms with Crippen molar-refractivity contribution in [3.8, 4) is 11.5 Å². The topological polar surface area (TPSA) is 71.1 Å². The fourth-order valence-corrected chi connectivity index (χ4v) is 4.51. The lowest BCUT2D eigenvalue weighted by Gasteiger charge is -2.37. The standard InChI is InChI=1S/C33H46O6/c1-13-27(34)38-29-21(5)17-23(19-25(29)31(7,8)9)33(36-15-3,37-16-4)24-18-22(6)30(39-28(35)14-2)26(20-24)32(10,11)12/h17-20H,3-4,13-16H2,1-2,5-12H3. The van der Waals surface area contributed by atoms with E-state index < -0.39 is 5.79 Å². The van der Waals surface area contributed by atoms with Crippen LogP contribution in [-0.2, 0) is 35.7 Å². The van der Waals surface area contributed by atoms with Crippen molar-refractivity contribution in [1.29, 1.82) is 0 Å². The maximum atomic E-state index is 12.3. The molecule has 0 aliphatic carbocycles. The van der Waals surface area contributed by atoms with Gasteiger partial charge in [-0.2, -0.15) is 0 Å². The Morgan fingerprint density at radius 1 is 0.667 bits per heavy atom. The van der Waals surface area contributed by atoms with Crippen molar-refractivity contribution >= 4 is 11.9 Å². The van der Waals surface area contributed by atoms with Crippen LogP contribution in [0.4, 0.5) is 0 Å². The molecule has 0 saturated heterocycles. The summed E-state index contributed by atoms with van der Waals surface area (Å²) >= 11 is 0. The van der Waals surface area contributed by atoms with Crippen LogP contribution in [0.3, 0.4) is 0 Å². The molecule has 0 spiro atoms. The molecule has 39 heavy (non-hydrogen) atoms. The van der Waals surface area contributed by atoms with Gasteiger partial charge in [0.25, 0.3) is 0 Å². The minimum Gasteiger partial charge on any atom is -0.426 e. The minimum atomic E-state index is -1.36. The summed E-state index contributed by atoms with van der Waals surface area (Å²) in [5.41, 5.74) is 4.02. The molecule has 0 N–H and O–H groups in total. The zero-order chi connectivity index (χ0) is 29.8. The number of esters is 2. The number of rotatable bonds is 10. The van der Waals surface area contributed by atoms with Crippen molar-refractivity contribution in [2.24, 2.45) is 0 Å². The van der Waals surface area contributed by atoms with Gasteiger partial charge >= 0.3 is 11.9 Å². The van der Waals surface area contributed by atoms with Crippen LogP contribution in [-0.4, -0.2) is 25.2 Å². The monoisotopic (exact) mass is 538 g/mol. The van der Waals surface area contributed by atoms with Crippen LogP contribution in [0, 0.1) is 27.7 Å². The van der Waals surface area contributed by atoms with E-state index >= 15 is 0 Å². The molecular weight excluding hydrogens is 492 g/mol. The average Bonchev–Trinajstić information content (AvgIpc) is 2.84. The van der Waals surface area contributed by atoms with Crippen LogP contribution in [0.25, 0.3) is 0 Å². The molecule has 0 aliphatic heterocycles. The highest BCUT2D eigenvalue weighted by Gasteiger charge is 2.40. The molecule has 0 heterocycles. The molecule has 0 aliphatic rings. The van der Waals surface area contributed by atoms with E-state index in [1.807, 2.05) is 38.1 Å². The predicted molar refractivity (Wildman–Crippen MR) is 155 cm³/mol. The fraction of sp³-hybridized carbons (Fsp3) is 0.515. The molecule has 2 aromatic carbocycles. The number of carbonyl (C=O) groups excluding carboxylic acids is 2. The minimum absolute atomic E-state index is 0.118. The Labute approximate surface area is 235 Å². The van der Waals surface area contributed by atoms with E-state index in [1.54, 1.807) is 13.8 Å². The smallest absolute Gasteiger partial charge is 0.310 e. The molecule has 6 nitrogen and oxygen atoms in total. The van der Waals surface area contributed by atoms with E-state index in [1.165, 1.54) is 0 Å². The van der Waals surface area contributed by atoms with Crippen molar-refractivity contribution in [3.63, 3.8) is 0 Å². The molecule has 0 bridgehead atoms. The molecule has 0 fully saturated rings. The second kappa shape index (κ2) is 12.6. The SMILES string of the molecule is [CH2]COC(OC[CH2])(c1cc(C)c(OC(=O)CC)c(C(C)(C)C)c1)c1cc(C)c(OC(=O)CC)c(C(C)(C)C)c1. The molecule has 214 valence electrons. The van der Waals surface area contributed by atoms with Gasteiger partial charge in [0.05, 0.1) is 13.2 Å². The van der Waals surface area contributed by atoms with E-state index in [-0.39, 0.29) is 48.8 Å². The second-order valence-electron chi connectivity index (χ2n) is 11.8. The molecule has 2 aromatic rings. The van der Waals surface area contributed by atoms with Crippen LogP contribution in [0.15, 0.2) is 24.3 Å². The first-order valence-electron chi connectivity index (χ1n) is 13.6. The molecule has 6 heteroatoms. The zero-order valence-electron chi connectivity index (χ0n) is 25.5. The van der Waals surface area contributed by atoms with Gasteiger partial charge in [0.15, 0.2) is 0 Å². The van der Waals surface area contributed by atoms with Crippen LogP contribution in [0.1, 0.15) is 102 Å². The molecule has 2 radical (unpaired) electrons. The summed E-state index contributed by atoms with van der Waals surface area (Å²) in [6.45, 7) is 28.0. The second-order valence-corrected chi connectivity index (χ2v) is 11.8. The predicted octanol–water partition coefficient (Wildman–Crippen LogP) is 7.43. The maximum Gasteiger partial charge on any atom is 0.310 e. The Morgan fingerprint density at radius 2 is 1.00 bits per heavy atom. The Balaban J connectivity index is 2.98. The molecule has 0 atom stereocenters. The number of ether oxygens (including phenoxy) is 4. The summed E-state index contributed by atoms with van der Waals surface area (Å²) in [4.78, 5) is 24.6. The molecular formula is C33H46O6. The highest BCUT2D eigenvalue weighted by Crippen LogP contribution is 2.45. The summed E-state index contributed by atoms with van der Waals surface area (Å²) in [7, 11) is 0. The zero-order valence-corrected chi connectivity index (χ0v) is 25.5. The first kappa shape index (κ1) is 32.5. The number of benzene rings is 2. The quantitative estimate of drug-likeness (QED) is 0.178. The van der Waals surface area contributed by atoms with Crippen LogP contribution in [0.5, 0.6) is 11.5 Å². The lowest BCUT2D eigenvalue weighted by molar-refractivity contribution is -0.206. The first-order valence-corrected chi connectivity index (χ1v) is 13.6. The number of carbonyl (C=O) groups is 2. The number of aryl methyl sites for hydroxylation is 2. The maximum absolute atomic E-state index is 12.3. The Bertz CT molecular complexity index is 1090. The Hall–Kier alpha value is -2.70. The third kappa shape index (κ3) is 7.29.